The van der Waals surface area contributed by atoms with E-state index in [0.29, 0.717) is 0 Å². The van der Waals surface area contributed by atoms with E-state index in [-0.39, 0.29) is 33.4 Å². The zero-order chi connectivity index (χ0) is 27.3. The fourth-order valence-corrected chi connectivity index (χ4v) is 5.08. The van der Waals surface area contributed by atoms with Gasteiger partial charge in [0.05, 0.1) is 5.56 Å². The van der Waals surface area contributed by atoms with Gasteiger partial charge in [0.2, 0.25) is 0 Å². The van der Waals surface area contributed by atoms with Crippen LogP contribution in [0, 0.1) is 41.1 Å². The van der Waals surface area contributed by atoms with Gasteiger partial charge in [0.25, 0.3) is 0 Å². The zero-order valence-corrected chi connectivity index (χ0v) is 21.2. The van der Waals surface area contributed by atoms with E-state index < -0.39 is 36.0 Å². The van der Waals surface area contributed by atoms with Gasteiger partial charge >= 0.3 is 6.18 Å². The molecule has 3 aromatic rings. The summed E-state index contributed by atoms with van der Waals surface area (Å²) < 4.78 is 86.4. The van der Waals surface area contributed by atoms with Crippen LogP contribution in [0.3, 0.4) is 0 Å². The zero-order valence-electron chi connectivity index (χ0n) is 21.2. The van der Waals surface area contributed by atoms with Crippen molar-refractivity contribution in [3.63, 3.8) is 0 Å². The Morgan fingerprint density at radius 2 is 1.61 bits per heavy atom. The van der Waals surface area contributed by atoms with Gasteiger partial charge in [0.1, 0.15) is 11.6 Å². The van der Waals surface area contributed by atoms with E-state index in [1.165, 1.54) is 62.1 Å². The quantitative estimate of drug-likeness (QED) is 0.167. The number of hydrogen-bond acceptors (Lipinski definition) is 1. The maximum absolute atomic E-state index is 15.0. The van der Waals surface area contributed by atoms with E-state index >= 15 is 8.78 Å². The summed E-state index contributed by atoms with van der Waals surface area (Å²) in [5.41, 5.74) is 0.159. The standard InChI is InChI=1S/C31H30F6O/c1-2-3-4-5-20-6-8-21(9-7-20)10-11-22-16-26(32)29(27(33)17-22)24-12-14-25-23(18-24)13-15-28(30(25)34)38-19-31(35,36)37/h12-18,20-21H,2-9,19H2,1H3. The first-order valence-corrected chi connectivity index (χ1v) is 13.1. The van der Waals surface area contributed by atoms with Gasteiger partial charge in [0.15, 0.2) is 18.2 Å². The summed E-state index contributed by atoms with van der Waals surface area (Å²) in [5.74, 6) is 3.99. The summed E-state index contributed by atoms with van der Waals surface area (Å²) in [7, 11) is 0. The first-order chi connectivity index (χ1) is 18.1. The van der Waals surface area contributed by atoms with Crippen molar-refractivity contribution in [2.24, 2.45) is 11.8 Å². The second-order valence-corrected chi connectivity index (χ2v) is 10.0. The van der Waals surface area contributed by atoms with Gasteiger partial charge in [-0.25, -0.2) is 13.2 Å². The number of rotatable bonds is 7. The molecule has 0 radical (unpaired) electrons. The van der Waals surface area contributed by atoms with Gasteiger partial charge in [0, 0.05) is 16.9 Å². The maximum Gasteiger partial charge on any atom is 0.422 e. The lowest BCUT2D eigenvalue weighted by molar-refractivity contribution is -0.153. The fourth-order valence-electron chi connectivity index (χ4n) is 5.08. The third-order valence-corrected chi connectivity index (χ3v) is 7.12. The molecule has 1 saturated carbocycles. The first-order valence-electron chi connectivity index (χ1n) is 13.1. The van der Waals surface area contributed by atoms with E-state index in [1.54, 1.807) is 0 Å². The highest BCUT2D eigenvalue weighted by atomic mass is 19.4. The van der Waals surface area contributed by atoms with Crippen molar-refractivity contribution in [3.8, 4) is 28.7 Å². The van der Waals surface area contributed by atoms with E-state index in [0.717, 1.165) is 37.7 Å². The summed E-state index contributed by atoms with van der Waals surface area (Å²) in [6.07, 6.45) is 4.71. The van der Waals surface area contributed by atoms with Gasteiger partial charge < -0.3 is 4.74 Å². The predicted molar refractivity (Wildman–Crippen MR) is 137 cm³/mol. The SMILES string of the molecule is CCCCCC1CCC(C#Cc2cc(F)c(-c3ccc4c(F)c(OCC(F)(F)F)ccc4c3)c(F)c2)CC1. The molecule has 1 aliphatic carbocycles. The second kappa shape index (κ2) is 12.1. The molecule has 0 spiro atoms. The number of unbranched alkanes of at least 4 members (excludes halogenated alkanes) is 2. The van der Waals surface area contributed by atoms with Gasteiger partial charge in [-0.3, -0.25) is 0 Å². The summed E-state index contributed by atoms with van der Waals surface area (Å²) in [5, 5.41) is 0.254. The average Bonchev–Trinajstić information content (AvgIpc) is 2.87. The smallest absolute Gasteiger partial charge is 0.422 e. The molecule has 0 atom stereocenters. The van der Waals surface area contributed by atoms with Crippen molar-refractivity contribution in [2.45, 2.75) is 64.5 Å². The largest absolute Gasteiger partial charge is 0.481 e. The highest BCUT2D eigenvalue weighted by Gasteiger charge is 2.29. The monoisotopic (exact) mass is 532 g/mol. The molecule has 1 fully saturated rings. The van der Waals surface area contributed by atoms with Gasteiger partial charge in [-0.05, 0) is 66.8 Å². The van der Waals surface area contributed by atoms with E-state index in [1.807, 2.05) is 0 Å². The normalized spacial score (nSPS) is 17.8. The summed E-state index contributed by atoms with van der Waals surface area (Å²) in [6, 6.07) is 8.79. The molecule has 3 aromatic carbocycles. The molecular formula is C31H30F6O. The Kier molecular flexibility index (Phi) is 8.91. The van der Waals surface area contributed by atoms with Crippen LogP contribution in [0.25, 0.3) is 21.9 Å². The number of ether oxygens (including phenoxy) is 1. The molecule has 38 heavy (non-hydrogen) atoms. The number of benzene rings is 3. The Morgan fingerprint density at radius 1 is 0.895 bits per heavy atom. The molecule has 202 valence electrons. The van der Waals surface area contributed by atoms with Crippen molar-refractivity contribution in [2.75, 3.05) is 6.61 Å². The van der Waals surface area contributed by atoms with Crippen molar-refractivity contribution >= 4 is 10.8 Å². The summed E-state index contributed by atoms with van der Waals surface area (Å²) >= 11 is 0. The molecule has 0 bridgehead atoms. The maximum atomic E-state index is 15.0. The Morgan fingerprint density at radius 3 is 2.26 bits per heavy atom. The topological polar surface area (TPSA) is 9.23 Å². The number of alkyl halides is 3. The minimum atomic E-state index is -4.61. The molecule has 4 rings (SSSR count). The van der Waals surface area contributed by atoms with Crippen molar-refractivity contribution in [1.82, 2.24) is 0 Å². The number of halogens is 6. The lowest BCUT2D eigenvalue weighted by Gasteiger charge is -2.25. The Balaban J connectivity index is 1.48. The Bertz CT molecular complexity index is 1300. The number of fused-ring (bicyclic) bond motifs is 1. The van der Waals surface area contributed by atoms with Gasteiger partial charge in [-0.1, -0.05) is 62.6 Å². The van der Waals surface area contributed by atoms with Crippen LogP contribution in [0.5, 0.6) is 5.75 Å². The molecule has 0 heterocycles. The fraction of sp³-hybridized carbons (Fsp3) is 0.419. The molecular weight excluding hydrogens is 502 g/mol. The van der Waals surface area contributed by atoms with Gasteiger partial charge in [-0.15, -0.1) is 0 Å². The Hall–Kier alpha value is -3.14. The second-order valence-electron chi connectivity index (χ2n) is 10.0. The molecule has 0 N–H and O–H groups in total. The molecule has 0 aromatic heterocycles. The average molecular weight is 533 g/mol. The Labute approximate surface area is 219 Å². The molecule has 7 heteroatoms. The molecule has 0 aliphatic heterocycles. The van der Waals surface area contributed by atoms with Gasteiger partial charge in [-0.2, -0.15) is 13.2 Å². The van der Waals surface area contributed by atoms with Crippen molar-refractivity contribution in [3.05, 3.63) is 65.5 Å². The minimum Gasteiger partial charge on any atom is -0.481 e. The minimum absolute atomic E-state index is 0.0168. The van der Waals surface area contributed by atoms with E-state index in [9.17, 15) is 17.6 Å². The van der Waals surface area contributed by atoms with Crippen LogP contribution in [0.2, 0.25) is 0 Å². The highest BCUT2D eigenvalue weighted by molar-refractivity contribution is 5.89. The van der Waals surface area contributed by atoms with Crippen LogP contribution in [-0.4, -0.2) is 12.8 Å². The van der Waals surface area contributed by atoms with E-state index in [4.69, 9.17) is 0 Å². The molecule has 0 saturated heterocycles. The van der Waals surface area contributed by atoms with Crippen LogP contribution < -0.4 is 4.74 Å². The van der Waals surface area contributed by atoms with Crippen LogP contribution in [0.1, 0.15) is 63.9 Å². The van der Waals surface area contributed by atoms with Crippen molar-refractivity contribution in [1.29, 1.82) is 0 Å². The van der Waals surface area contributed by atoms with Crippen LogP contribution >= 0.6 is 0 Å². The van der Waals surface area contributed by atoms with Crippen LogP contribution in [0.15, 0.2) is 42.5 Å². The first kappa shape index (κ1) is 27.9. The van der Waals surface area contributed by atoms with E-state index in [2.05, 4.69) is 23.5 Å². The number of hydrogen-bond donors (Lipinski definition) is 0. The third kappa shape index (κ3) is 7.03. The predicted octanol–water partition coefficient (Wildman–Crippen LogP) is 9.60. The van der Waals surface area contributed by atoms with Crippen LogP contribution in [0.4, 0.5) is 26.3 Å². The van der Waals surface area contributed by atoms with Crippen molar-refractivity contribution < 1.29 is 31.1 Å². The highest BCUT2D eigenvalue weighted by Crippen LogP contribution is 2.34. The van der Waals surface area contributed by atoms with Crippen LogP contribution in [-0.2, 0) is 0 Å². The lowest BCUT2D eigenvalue weighted by Crippen LogP contribution is -2.19. The summed E-state index contributed by atoms with van der Waals surface area (Å²) in [4.78, 5) is 0. The third-order valence-electron chi connectivity index (χ3n) is 7.12. The lowest BCUT2D eigenvalue weighted by atomic mass is 9.80. The molecule has 1 aliphatic rings. The molecule has 1 nitrogen and oxygen atoms in total. The molecule has 0 amide bonds. The summed E-state index contributed by atoms with van der Waals surface area (Å²) in [6.45, 7) is 0.575. The molecule has 0 unspecified atom stereocenters.